The van der Waals surface area contributed by atoms with Crippen molar-refractivity contribution in [1.82, 2.24) is 0 Å². The van der Waals surface area contributed by atoms with Crippen LogP contribution >= 0.6 is 0 Å². The highest BCUT2D eigenvalue weighted by molar-refractivity contribution is 5.27. The van der Waals surface area contributed by atoms with Gasteiger partial charge >= 0.3 is 0 Å². The van der Waals surface area contributed by atoms with Crippen molar-refractivity contribution in [1.29, 1.82) is 0 Å². The van der Waals surface area contributed by atoms with E-state index in [1.165, 1.54) is 18.4 Å². The maximum atomic E-state index is 10.9. The molecule has 0 radical (unpaired) electrons. The molecule has 0 bridgehead atoms. The third-order valence-electron chi connectivity index (χ3n) is 4.66. The Morgan fingerprint density at radius 3 is 2.50 bits per heavy atom. The molecule has 2 rings (SSSR count). The molecular formula is C18H28O2. The molecule has 112 valence electrons. The maximum absolute atomic E-state index is 10.9. The quantitative estimate of drug-likeness (QED) is 0.807. The van der Waals surface area contributed by atoms with Gasteiger partial charge in [-0.25, -0.2) is 0 Å². The lowest BCUT2D eigenvalue weighted by molar-refractivity contribution is -0.114. The molecule has 1 fully saturated rings. The summed E-state index contributed by atoms with van der Waals surface area (Å²) in [6.45, 7) is 2.19. The summed E-state index contributed by atoms with van der Waals surface area (Å²) in [5.74, 6) is 0. The zero-order chi connectivity index (χ0) is 14.4. The van der Waals surface area contributed by atoms with Gasteiger partial charge in [0.05, 0.1) is 5.60 Å². The molecule has 20 heavy (non-hydrogen) atoms. The van der Waals surface area contributed by atoms with Gasteiger partial charge in [0.15, 0.2) is 0 Å². The van der Waals surface area contributed by atoms with Crippen LogP contribution in [0.25, 0.3) is 0 Å². The molecule has 1 atom stereocenters. The summed E-state index contributed by atoms with van der Waals surface area (Å²) in [4.78, 5) is 0. The molecule has 1 aromatic carbocycles. The van der Waals surface area contributed by atoms with E-state index in [9.17, 15) is 5.11 Å². The summed E-state index contributed by atoms with van der Waals surface area (Å²) in [6, 6.07) is 8.39. The predicted molar refractivity (Wildman–Crippen MR) is 82.8 cm³/mol. The molecule has 0 amide bonds. The molecule has 2 heteroatoms. The van der Waals surface area contributed by atoms with Crippen molar-refractivity contribution in [2.45, 2.75) is 70.0 Å². The topological polar surface area (TPSA) is 29.5 Å². The number of aryl methyl sites for hydroxylation is 1. The van der Waals surface area contributed by atoms with Gasteiger partial charge in [-0.2, -0.15) is 0 Å². The molecule has 0 aliphatic heterocycles. The summed E-state index contributed by atoms with van der Waals surface area (Å²) in [6.07, 6.45) is 8.43. The lowest BCUT2D eigenvalue weighted by Gasteiger charge is -2.36. The van der Waals surface area contributed by atoms with Crippen LogP contribution in [0.4, 0.5) is 0 Å². The van der Waals surface area contributed by atoms with E-state index in [-0.39, 0.29) is 5.60 Å². The average Bonchev–Trinajstić information content (AvgIpc) is 2.73. The van der Waals surface area contributed by atoms with Gasteiger partial charge in [0.2, 0.25) is 0 Å². The van der Waals surface area contributed by atoms with E-state index in [0.717, 1.165) is 44.1 Å². The molecule has 0 heterocycles. The number of aliphatic hydroxyl groups excluding tert-OH is 1. The molecule has 1 saturated carbocycles. The first-order valence-electron chi connectivity index (χ1n) is 8.04. The minimum Gasteiger partial charge on any atom is -0.385 e. The number of benzene rings is 1. The molecule has 0 aromatic heterocycles. The third-order valence-corrected chi connectivity index (χ3v) is 4.66. The predicted octanol–water partition coefficient (Wildman–Crippen LogP) is 4.41. The van der Waals surface area contributed by atoms with E-state index < -0.39 is 6.10 Å². The largest absolute Gasteiger partial charge is 0.385 e. The molecule has 2 nitrogen and oxygen atoms in total. The summed E-state index contributed by atoms with van der Waals surface area (Å²) >= 11 is 0. The minimum atomic E-state index is -0.512. The minimum absolute atomic E-state index is 0.388. The van der Waals surface area contributed by atoms with E-state index in [0.29, 0.717) is 0 Å². The number of hydrogen-bond donors (Lipinski definition) is 1. The molecule has 1 unspecified atom stereocenters. The second-order valence-corrected chi connectivity index (χ2v) is 6.08. The van der Waals surface area contributed by atoms with Crippen LogP contribution in [0.3, 0.4) is 0 Å². The molecule has 1 N–H and O–H groups in total. The Kier molecular flexibility index (Phi) is 5.62. The van der Waals surface area contributed by atoms with Gasteiger partial charge in [0, 0.05) is 7.11 Å². The number of hydrogen-bond acceptors (Lipinski definition) is 2. The van der Waals surface area contributed by atoms with Crippen molar-refractivity contribution in [3.63, 3.8) is 0 Å². The zero-order valence-electron chi connectivity index (χ0n) is 12.9. The number of ether oxygens (including phenoxy) is 1. The Morgan fingerprint density at radius 2 is 1.90 bits per heavy atom. The van der Waals surface area contributed by atoms with Crippen LogP contribution < -0.4 is 0 Å². The Bertz CT molecular complexity index is 406. The fourth-order valence-corrected chi connectivity index (χ4v) is 3.43. The number of aliphatic hydroxyl groups is 1. The fraction of sp³-hybridized carbons (Fsp3) is 0.667. The summed E-state index contributed by atoms with van der Waals surface area (Å²) in [5, 5.41) is 10.9. The van der Waals surface area contributed by atoms with Crippen molar-refractivity contribution in [3.05, 3.63) is 35.4 Å². The SMILES string of the molecule is CCCc1cccc(C(O)C2(OC)CCCCCC2)c1. The monoisotopic (exact) mass is 276 g/mol. The fourth-order valence-electron chi connectivity index (χ4n) is 3.43. The van der Waals surface area contributed by atoms with Crippen LogP contribution in [0.5, 0.6) is 0 Å². The zero-order valence-corrected chi connectivity index (χ0v) is 12.9. The number of methoxy groups -OCH3 is 1. The van der Waals surface area contributed by atoms with E-state index in [2.05, 4.69) is 25.1 Å². The summed E-state index contributed by atoms with van der Waals surface area (Å²) < 4.78 is 5.82. The number of rotatable bonds is 5. The van der Waals surface area contributed by atoms with Gasteiger partial charge in [-0.3, -0.25) is 0 Å². The van der Waals surface area contributed by atoms with Gasteiger partial charge in [-0.1, -0.05) is 63.3 Å². The van der Waals surface area contributed by atoms with Crippen molar-refractivity contribution in [3.8, 4) is 0 Å². The Labute approximate surface area is 123 Å². The third kappa shape index (κ3) is 3.42. The van der Waals surface area contributed by atoms with E-state index >= 15 is 0 Å². The molecule has 0 spiro atoms. The Hall–Kier alpha value is -0.860. The van der Waals surface area contributed by atoms with Crippen LogP contribution in [-0.2, 0) is 11.2 Å². The van der Waals surface area contributed by atoms with Crippen LogP contribution in [-0.4, -0.2) is 17.8 Å². The van der Waals surface area contributed by atoms with Gasteiger partial charge in [-0.05, 0) is 30.4 Å². The van der Waals surface area contributed by atoms with Crippen molar-refractivity contribution < 1.29 is 9.84 Å². The summed E-state index contributed by atoms with van der Waals surface area (Å²) in [7, 11) is 1.75. The smallest absolute Gasteiger partial charge is 0.108 e. The lowest BCUT2D eigenvalue weighted by atomic mass is 9.83. The van der Waals surface area contributed by atoms with E-state index in [4.69, 9.17) is 4.74 Å². The molecule has 1 aliphatic carbocycles. The highest BCUT2D eigenvalue weighted by Crippen LogP contribution is 2.40. The first-order valence-corrected chi connectivity index (χ1v) is 8.04. The van der Waals surface area contributed by atoms with Gasteiger partial charge < -0.3 is 9.84 Å². The standard InChI is InChI=1S/C18H28O2/c1-3-9-15-10-8-11-16(14-15)17(19)18(20-2)12-6-4-5-7-13-18/h8,10-11,14,17,19H,3-7,9,12-13H2,1-2H3. The van der Waals surface area contributed by atoms with Gasteiger partial charge in [0.1, 0.15) is 6.10 Å². The molecular weight excluding hydrogens is 248 g/mol. The van der Waals surface area contributed by atoms with E-state index in [1.54, 1.807) is 7.11 Å². The second-order valence-electron chi connectivity index (χ2n) is 6.08. The van der Waals surface area contributed by atoms with Crippen LogP contribution in [0, 0.1) is 0 Å². The van der Waals surface area contributed by atoms with E-state index in [1.807, 2.05) is 6.07 Å². The maximum Gasteiger partial charge on any atom is 0.108 e. The van der Waals surface area contributed by atoms with Crippen LogP contribution in [0.2, 0.25) is 0 Å². The van der Waals surface area contributed by atoms with Gasteiger partial charge in [0.25, 0.3) is 0 Å². The molecule has 1 aromatic rings. The Morgan fingerprint density at radius 1 is 1.20 bits per heavy atom. The lowest BCUT2D eigenvalue weighted by Crippen LogP contribution is -2.38. The Balaban J connectivity index is 2.22. The van der Waals surface area contributed by atoms with Crippen LogP contribution in [0.1, 0.15) is 69.1 Å². The second kappa shape index (κ2) is 7.24. The summed E-state index contributed by atoms with van der Waals surface area (Å²) in [5.41, 5.74) is 1.94. The first-order chi connectivity index (χ1) is 9.72. The molecule has 1 aliphatic rings. The highest BCUT2D eigenvalue weighted by atomic mass is 16.5. The highest BCUT2D eigenvalue weighted by Gasteiger charge is 2.39. The van der Waals surface area contributed by atoms with Gasteiger partial charge in [-0.15, -0.1) is 0 Å². The normalized spacial score (nSPS) is 20.4. The first kappa shape index (κ1) is 15.5. The van der Waals surface area contributed by atoms with Crippen LogP contribution in [0.15, 0.2) is 24.3 Å². The van der Waals surface area contributed by atoms with Crippen molar-refractivity contribution in [2.75, 3.05) is 7.11 Å². The van der Waals surface area contributed by atoms with Crippen molar-refractivity contribution in [2.24, 2.45) is 0 Å². The molecule has 0 saturated heterocycles. The van der Waals surface area contributed by atoms with Crippen molar-refractivity contribution >= 4 is 0 Å². The average molecular weight is 276 g/mol.